The molecule has 1 aliphatic carbocycles. The second-order valence-corrected chi connectivity index (χ2v) is 8.14. The lowest BCUT2D eigenvalue weighted by atomic mass is 10.2. The summed E-state index contributed by atoms with van der Waals surface area (Å²) in [5, 5.41) is 4.10. The van der Waals surface area contributed by atoms with Crippen molar-refractivity contribution in [3.63, 3.8) is 0 Å². The Morgan fingerprint density at radius 1 is 1.10 bits per heavy atom. The molecule has 1 aliphatic heterocycles. The number of anilines is 1. The van der Waals surface area contributed by atoms with E-state index in [0.717, 1.165) is 6.07 Å². The Kier molecular flexibility index (Phi) is 3.77. The first-order valence-corrected chi connectivity index (χ1v) is 9.88. The Hall–Kier alpha value is -3.63. The Balaban J connectivity index is 1.17. The summed E-state index contributed by atoms with van der Waals surface area (Å²) in [5.74, 6) is 0.556. The number of hydrogen-bond donors (Lipinski definition) is 0. The molecule has 3 aromatic heterocycles. The fourth-order valence-electron chi connectivity index (χ4n) is 4.64. The van der Waals surface area contributed by atoms with Crippen molar-refractivity contribution in [1.82, 2.24) is 29.2 Å². The highest BCUT2D eigenvalue weighted by Crippen LogP contribution is 2.57. The zero-order chi connectivity index (χ0) is 21.3. The normalized spacial score (nSPS) is 22.3. The number of benzene rings is 1. The Morgan fingerprint density at radius 3 is 2.55 bits per heavy atom. The summed E-state index contributed by atoms with van der Waals surface area (Å²) in [6, 6.07) is 3.57. The van der Waals surface area contributed by atoms with E-state index in [9.17, 15) is 13.6 Å². The molecule has 1 saturated carbocycles. The van der Waals surface area contributed by atoms with Gasteiger partial charge in [0.1, 0.15) is 24.5 Å². The van der Waals surface area contributed by atoms with Crippen molar-refractivity contribution in [2.75, 3.05) is 18.0 Å². The van der Waals surface area contributed by atoms with Crippen molar-refractivity contribution in [3.8, 4) is 0 Å². The van der Waals surface area contributed by atoms with Gasteiger partial charge in [-0.15, -0.1) is 0 Å². The number of nitrogens with zero attached hydrogens (tertiary/aromatic N) is 7. The lowest BCUT2D eigenvalue weighted by Crippen LogP contribution is -2.24. The third kappa shape index (κ3) is 2.91. The van der Waals surface area contributed by atoms with Gasteiger partial charge in [0.2, 0.25) is 5.89 Å². The van der Waals surface area contributed by atoms with E-state index in [4.69, 9.17) is 4.52 Å². The minimum absolute atomic E-state index is 0.122. The van der Waals surface area contributed by atoms with Crippen LogP contribution in [0.25, 0.3) is 11.2 Å². The molecule has 1 unspecified atom stereocenters. The number of aryl methyl sites for hydroxylation is 1. The second-order valence-electron chi connectivity index (χ2n) is 8.14. The van der Waals surface area contributed by atoms with Gasteiger partial charge in [-0.25, -0.2) is 18.7 Å². The van der Waals surface area contributed by atoms with Gasteiger partial charge < -0.3 is 14.0 Å². The average molecular weight is 425 g/mol. The third-order valence-electron chi connectivity index (χ3n) is 6.19. The molecule has 4 aromatic rings. The highest BCUT2D eigenvalue weighted by atomic mass is 19.1. The van der Waals surface area contributed by atoms with Gasteiger partial charge in [-0.2, -0.15) is 4.98 Å². The second kappa shape index (κ2) is 6.43. The first-order valence-electron chi connectivity index (χ1n) is 9.88. The largest absolute Gasteiger partial charge is 0.371 e. The number of halogens is 2. The first-order chi connectivity index (χ1) is 15.0. The standard InChI is InChI=1S/C20H17F2N7O2/c1-27-8-23-19-17(27)20(30)29(9-24-19)7-15-25-18(26-31-15)16-13-5-28(6-14(13)16)12-3-10(21)2-11(22)4-12/h2-4,8-9,13-14,16H,5-7H2,1H3/t13-,14+,16?. The van der Waals surface area contributed by atoms with Crippen LogP contribution in [0.15, 0.2) is 40.2 Å². The van der Waals surface area contributed by atoms with E-state index in [2.05, 4.69) is 20.1 Å². The third-order valence-corrected chi connectivity index (χ3v) is 6.19. The van der Waals surface area contributed by atoms with E-state index in [1.807, 2.05) is 4.90 Å². The number of aromatic nitrogens is 6. The van der Waals surface area contributed by atoms with Crippen molar-refractivity contribution in [2.45, 2.75) is 12.5 Å². The molecular formula is C20H17F2N7O2. The van der Waals surface area contributed by atoms with Gasteiger partial charge in [0.05, 0.1) is 6.33 Å². The van der Waals surface area contributed by atoms with Crippen LogP contribution in [0.5, 0.6) is 0 Å². The van der Waals surface area contributed by atoms with Gasteiger partial charge in [-0.1, -0.05) is 5.16 Å². The summed E-state index contributed by atoms with van der Waals surface area (Å²) >= 11 is 0. The van der Waals surface area contributed by atoms with Crippen LogP contribution in [-0.2, 0) is 13.6 Å². The molecular weight excluding hydrogens is 408 g/mol. The van der Waals surface area contributed by atoms with E-state index in [0.29, 0.717) is 53.5 Å². The number of piperidine rings is 1. The molecule has 6 rings (SSSR count). The van der Waals surface area contributed by atoms with Crippen LogP contribution < -0.4 is 10.5 Å². The van der Waals surface area contributed by atoms with Gasteiger partial charge in [0.15, 0.2) is 17.0 Å². The maximum absolute atomic E-state index is 13.5. The summed E-state index contributed by atoms with van der Waals surface area (Å²) in [5.41, 5.74) is 1.12. The van der Waals surface area contributed by atoms with E-state index in [1.165, 1.54) is 23.0 Å². The van der Waals surface area contributed by atoms with E-state index in [-0.39, 0.29) is 18.0 Å². The van der Waals surface area contributed by atoms with Crippen LogP contribution in [0.1, 0.15) is 17.6 Å². The van der Waals surface area contributed by atoms with Gasteiger partial charge >= 0.3 is 0 Å². The monoisotopic (exact) mass is 425 g/mol. The first kappa shape index (κ1) is 18.2. The van der Waals surface area contributed by atoms with Gasteiger partial charge in [-0.05, 0) is 24.0 Å². The zero-order valence-corrected chi connectivity index (χ0v) is 16.4. The SMILES string of the molecule is Cn1cnc2ncn(Cc3nc(C4[C@H]5CN(c6cc(F)cc(F)c6)C[C@@H]45)no3)c(=O)c21. The van der Waals surface area contributed by atoms with Crippen molar-refractivity contribution in [1.29, 1.82) is 0 Å². The molecule has 0 spiro atoms. The molecule has 31 heavy (non-hydrogen) atoms. The maximum Gasteiger partial charge on any atom is 0.280 e. The molecule has 158 valence electrons. The average Bonchev–Trinajstić information content (AvgIpc) is 3.15. The van der Waals surface area contributed by atoms with Crippen LogP contribution in [0, 0.1) is 23.5 Å². The lowest BCUT2D eigenvalue weighted by Gasteiger charge is -2.21. The predicted octanol–water partition coefficient (Wildman–Crippen LogP) is 1.69. The van der Waals surface area contributed by atoms with E-state index in [1.54, 1.807) is 17.9 Å². The summed E-state index contributed by atoms with van der Waals surface area (Å²) in [4.78, 5) is 27.4. The number of hydrogen-bond acceptors (Lipinski definition) is 7. The molecule has 2 fully saturated rings. The van der Waals surface area contributed by atoms with Gasteiger partial charge in [-0.3, -0.25) is 9.36 Å². The van der Waals surface area contributed by atoms with Crippen molar-refractivity contribution in [3.05, 3.63) is 64.6 Å². The van der Waals surface area contributed by atoms with E-state index >= 15 is 0 Å². The van der Waals surface area contributed by atoms with Gasteiger partial charge in [0, 0.05) is 37.8 Å². The fourth-order valence-corrected chi connectivity index (χ4v) is 4.64. The highest BCUT2D eigenvalue weighted by Gasteiger charge is 2.58. The van der Waals surface area contributed by atoms with Crippen molar-refractivity contribution >= 4 is 16.9 Å². The van der Waals surface area contributed by atoms with Crippen LogP contribution in [0.2, 0.25) is 0 Å². The molecule has 1 aromatic carbocycles. The predicted molar refractivity (Wildman–Crippen MR) is 104 cm³/mol. The smallest absolute Gasteiger partial charge is 0.280 e. The molecule has 11 heteroatoms. The molecule has 2 aliphatic rings. The Labute approximate surface area is 173 Å². The summed E-state index contributed by atoms with van der Waals surface area (Å²) in [6.07, 6.45) is 2.96. The molecule has 4 heterocycles. The summed E-state index contributed by atoms with van der Waals surface area (Å²) in [6.45, 7) is 1.49. The Bertz CT molecular complexity index is 1350. The molecule has 9 nitrogen and oxygen atoms in total. The molecule has 0 radical (unpaired) electrons. The minimum Gasteiger partial charge on any atom is -0.371 e. The number of fused-ring (bicyclic) bond motifs is 2. The molecule has 0 bridgehead atoms. The summed E-state index contributed by atoms with van der Waals surface area (Å²) < 4.78 is 35.4. The van der Waals surface area contributed by atoms with Crippen LogP contribution >= 0.6 is 0 Å². The van der Waals surface area contributed by atoms with Crippen LogP contribution in [-0.4, -0.2) is 42.3 Å². The summed E-state index contributed by atoms with van der Waals surface area (Å²) in [7, 11) is 1.74. The topological polar surface area (TPSA) is 94.9 Å². The van der Waals surface area contributed by atoms with Crippen LogP contribution in [0.3, 0.4) is 0 Å². The quantitative estimate of drug-likeness (QED) is 0.491. The maximum atomic E-state index is 13.5. The zero-order valence-electron chi connectivity index (χ0n) is 16.4. The van der Waals surface area contributed by atoms with Crippen molar-refractivity contribution in [2.24, 2.45) is 18.9 Å². The highest BCUT2D eigenvalue weighted by molar-refractivity contribution is 5.68. The molecule has 3 atom stereocenters. The van der Waals surface area contributed by atoms with Crippen molar-refractivity contribution < 1.29 is 13.3 Å². The molecule has 0 N–H and O–H groups in total. The van der Waals surface area contributed by atoms with Gasteiger partial charge in [0.25, 0.3) is 5.56 Å². The lowest BCUT2D eigenvalue weighted by molar-refractivity contribution is 0.363. The fraction of sp³-hybridized carbons (Fsp3) is 0.350. The molecule has 0 amide bonds. The van der Waals surface area contributed by atoms with E-state index < -0.39 is 11.6 Å². The number of rotatable bonds is 4. The molecule has 1 saturated heterocycles. The Morgan fingerprint density at radius 2 is 1.81 bits per heavy atom. The van der Waals surface area contributed by atoms with Crippen LogP contribution in [0.4, 0.5) is 14.5 Å². The minimum atomic E-state index is -0.580. The number of imidazole rings is 1.